The van der Waals surface area contributed by atoms with Crippen LogP contribution in [0.3, 0.4) is 0 Å². The lowest BCUT2D eigenvalue weighted by atomic mass is 9.53. The predicted octanol–water partition coefficient (Wildman–Crippen LogP) is 3.22. The van der Waals surface area contributed by atoms with Crippen LogP contribution in [0.1, 0.15) is 70.1 Å². The Morgan fingerprint density at radius 2 is 1.74 bits per heavy atom. The molecule has 5 saturated carbocycles. The van der Waals surface area contributed by atoms with Gasteiger partial charge < -0.3 is 9.73 Å². The molecule has 0 aromatic carbocycles. The molecule has 4 bridgehead atoms. The molecule has 8 heteroatoms. The lowest BCUT2D eigenvalue weighted by Gasteiger charge is -2.56. The smallest absolute Gasteiger partial charge is 0.321 e. The Morgan fingerprint density at radius 1 is 1.11 bits per heavy atom. The summed E-state index contributed by atoms with van der Waals surface area (Å²) >= 11 is 1.20. The summed E-state index contributed by atoms with van der Waals surface area (Å²) in [6.07, 6.45) is 9.34. The molecule has 0 unspecified atom stereocenters. The molecule has 1 heterocycles. The molecule has 2 N–H and O–H groups in total. The van der Waals surface area contributed by atoms with E-state index in [1.54, 1.807) is 6.92 Å². The lowest BCUT2D eigenvalue weighted by molar-refractivity contribution is -0.119. The fourth-order valence-corrected chi connectivity index (χ4v) is 6.41. The number of hydrogen-bond donors (Lipinski definition) is 2. The maximum atomic E-state index is 12.5. The molecule has 6 rings (SSSR count). The van der Waals surface area contributed by atoms with Gasteiger partial charge in [-0.15, -0.1) is 10.2 Å². The first-order valence-electron chi connectivity index (χ1n) is 10.1. The number of amides is 3. The zero-order chi connectivity index (χ0) is 18.6. The summed E-state index contributed by atoms with van der Waals surface area (Å²) in [5.74, 6) is 2.97. The predicted molar refractivity (Wildman–Crippen MR) is 99.2 cm³/mol. The number of nitrogens with one attached hydrogen (secondary N) is 2. The second kappa shape index (κ2) is 6.50. The number of thioether (sulfide) groups is 1. The molecule has 0 aliphatic heterocycles. The molecule has 27 heavy (non-hydrogen) atoms. The summed E-state index contributed by atoms with van der Waals surface area (Å²) in [5.41, 5.74) is -0.0961. The van der Waals surface area contributed by atoms with Crippen LogP contribution in [-0.4, -0.2) is 32.9 Å². The number of urea groups is 1. The summed E-state index contributed by atoms with van der Waals surface area (Å²) in [6, 6.07) is -0.362. The first-order valence-corrected chi connectivity index (χ1v) is 11.0. The van der Waals surface area contributed by atoms with E-state index in [2.05, 4.69) is 20.8 Å². The summed E-state index contributed by atoms with van der Waals surface area (Å²) in [4.78, 5) is 24.9. The van der Waals surface area contributed by atoms with Gasteiger partial charge in [0.25, 0.3) is 5.22 Å². The van der Waals surface area contributed by atoms with E-state index in [1.165, 1.54) is 31.0 Å². The molecule has 5 aliphatic rings. The van der Waals surface area contributed by atoms with Gasteiger partial charge in [-0.05, 0) is 76.0 Å². The van der Waals surface area contributed by atoms with Gasteiger partial charge in [0.15, 0.2) is 0 Å². The van der Waals surface area contributed by atoms with Gasteiger partial charge in [0.1, 0.15) is 0 Å². The molecule has 146 valence electrons. The maximum Gasteiger partial charge on any atom is 0.321 e. The fraction of sp³-hybridized carbons (Fsp3) is 0.789. The van der Waals surface area contributed by atoms with Gasteiger partial charge in [0.2, 0.25) is 11.8 Å². The van der Waals surface area contributed by atoms with Gasteiger partial charge in [-0.3, -0.25) is 10.1 Å². The topological polar surface area (TPSA) is 97.1 Å². The molecule has 0 radical (unpaired) electrons. The van der Waals surface area contributed by atoms with Gasteiger partial charge in [-0.2, -0.15) is 0 Å². The Labute approximate surface area is 162 Å². The van der Waals surface area contributed by atoms with E-state index in [0.29, 0.717) is 17.0 Å². The summed E-state index contributed by atoms with van der Waals surface area (Å²) in [6.45, 7) is 1.75. The zero-order valence-corrected chi connectivity index (χ0v) is 16.4. The molecule has 7 nitrogen and oxygen atoms in total. The van der Waals surface area contributed by atoms with Gasteiger partial charge in [-0.1, -0.05) is 11.8 Å². The highest BCUT2D eigenvalue weighted by molar-refractivity contribution is 8.00. The molecule has 5 aliphatic carbocycles. The number of rotatable bonds is 5. The molecule has 0 spiro atoms. The quantitative estimate of drug-likeness (QED) is 0.749. The minimum absolute atomic E-state index is 0.0961. The molecule has 1 aromatic rings. The van der Waals surface area contributed by atoms with E-state index in [-0.39, 0.29) is 17.5 Å². The van der Waals surface area contributed by atoms with Crippen molar-refractivity contribution in [3.8, 4) is 0 Å². The largest absolute Gasteiger partial charge is 0.416 e. The highest BCUT2D eigenvalue weighted by Gasteiger charge is 2.51. The van der Waals surface area contributed by atoms with Crippen molar-refractivity contribution in [1.82, 2.24) is 20.8 Å². The molecule has 1 aromatic heterocycles. The average Bonchev–Trinajstić information content (AvgIpc) is 3.32. The van der Waals surface area contributed by atoms with Crippen LogP contribution in [0.25, 0.3) is 0 Å². The van der Waals surface area contributed by atoms with Crippen molar-refractivity contribution < 1.29 is 14.0 Å². The molecule has 3 amide bonds. The van der Waals surface area contributed by atoms with Gasteiger partial charge in [-0.25, -0.2) is 4.79 Å². The van der Waals surface area contributed by atoms with Crippen LogP contribution in [0.15, 0.2) is 9.64 Å². The highest BCUT2D eigenvalue weighted by atomic mass is 32.2. The number of aromatic nitrogens is 2. The Hall–Kier alpha value is -1.57. The normalized spacial score (nSPS) is 35.1. The standard InChI is InChI=1S/C19H26N4O3S/c1-10(27-18-23-22-16(26-18)14-2-3-14)15(24)20-17(25)21-19-7-11-4-12(8-19)6-13(5-11)9-19/h10-14H,2-9H2,1H3,(H2,20,21,24,25)/t10-,11?,12?,13?,19?/m0/s1. The fourth-order valence-electron chi connectivity index (χ4n) is 5.72. The Morgan fingerprint density at radius 3 is 2.33 bits per heavy atom. The molecule has 5 fully saturated rings. The Balaban J connectivity index is 1.15. The number of carbonyl (C=O) groups excluding carboxylic acids is 2. The maximum absolute atomic E-state index is 12.5. The first kappa shape index (κ1) is 17.5. The summed E-state index contributed by atoms with van der Waals surface area (Å²) in [5, 5.41) is 13.6. The average molecular weight is 391 g/mol. The van der Waals surface area contributed by atoms with Crippen LogP contribution in [0, 0.1) is 17.8 Å². The van der Waals surface area contributed by atoms with Crippen molar-refractivity contribution in [3.63, 3.8) is 0 Å². The van der Waals surface area contributed by atoms with Crippen LogP contribution < -0.4 is 10.6 Å². The second-order valence-electron chi connectivity index (χ2n) is 9.08. The third-order valence-electron chi connectivity index (χ3n) is 6.65. The third-order valence-corrected chi connectivity index (χ3v) is 7.58. The van der Waals surface area contributed by atoms with Crippen molar-refractivity contribution >= 4 is 23.7 Å². The molecular formula is C19H26N4O3S. The third kappa shape index (κ3) is 3.60. The second-order valence-corrected chi connectivity index (χ2v) is 10.4. The van der Waals surface area contributed by atoms with Crippen molar-refractivity contribution in [1.29, 1.82) is 0 Å². The van der Waals surface area contributed by atoms with Crippen LogP contribution in [-0.2, 0) is 4.79 Å². The summed E-state index contributed by atoms with van der Waals surface area (Å²) in [7, 11) is 0. The molecule has 1 atom stereocenters. The minimum Gasteiger partial charge on any atom is -0.416 e. The monoisotopic (exact) mass is 390 g/mol. The molecule has 0 saturated heterocycles. The molecular weight excluding hydrogens is 364 g/mol. The van der Waals surface area contributed by atoms with Crippen molar-refractivity contribution in [2.75, 3.05) is 0 Å². The zero-order valence-electron chi connectivity index (χ0n) is 15.6. The van der Waals surface area contributed by atoms with E-state index in [0.717, 1.165) is 49.9 Å². The van der Waals surface area contributed by atoms with Crippen LogP contribution in [0.4, 0.5) is 4.79 Å². The van der Waals surface area contributed by atoms with E-state index < -0.39 is 5.25 Å². The van der Waals surface area contributed by atoms with Crippen molar-refractivity contribution in [2.24, 2.45) is 17.8 Å². The van der Waals surface area contributed by atoms with E-state index in [1.807, 2.05) is 0 Å². The Bertz CT molecular complexity index is 725. The van der Waals surface area contributed by atoms with Crippen LogP contribution in [0.5, 0.6) is 0 Å². The number of hydrogen-bond acceptors (Lipinski definition) is 6. The minimum atomic E-state index is -0.473. The van der Waals surface area contributed by atoms with E-state index in [9.17, 15) is 9.59 Å². The number of carbonyl (C=O) groups is 2. The highest BCUT2D eigenvalue weighted by Crippen LogP contribution is 2.55. The van der Waals surface area contributed by atoms with Crippen molar-refractivity contribution in [2.45, 2.75) is 80.2 Å². The van der Waals surface area contributed by atoms with E-state index >= 15 is 0 Å². The number of imide groups is 1. The summed E-state index contributed by atoms with van der Waals surface area (Å²) < 4.78 is 5.58. The van der Waals surface area contributed by atoms with Crippen LogP contribution in [0.2, 0.25) is 0 Å². The van der Waals surface area contributed by atoms with Gasteiger partial charge >= 0.3 is 6.03 Å². The van der Waals surface area contributed by atoms with E-state index in [4.69, 9.17) is 4.42 Å². The number of nitrogens with zero attached hydrogens (tertiary/aromatic N) is 2. The van der Waals surface area contributed by atoms with Crippen molar-refractivity contribution in [3.05, 3.63) is 5.89 Å². The first-order chi connectivity index (χ1) is 13.0. The van der Waals surface area contributed by atoms with Gasteiger partial charge in [0.05, 0.1) is 5.25 Å². The van der Waals surface area contributed by atoms with Gasteiger partial charge in [0, 0.05) is 11.5 Å². The SMILES string of the molecule is C[C@H](Sc1nnc(C2CC2)o1)C(=O)NC(=O)NC12CC3CC(CC(C3)C1)C2. The lowest BCUT2D eigenvalue weighted by Crippen LogP contribution is -2.62. The Kier molecular flexibility index (Phi) is 4.22. The van der Waals surface area contributed by atoms with Crippen LogP contribution >= 0.6 is 11.8 Å².